The molecule has 2 rings (SSSR count). The highest BCUT2D eigenvalue weighted by Crippen LogP contribution is 2.37. The van der Waals surface area contributed by atoms with Gasteiger partial charge in [-0.1, -0.05) is 0 Å². The molecule has 1 aromatic carbocycles. The highest BCUT2D eigenvalue weighted by Gasteiger charge is 2.22. The van der Waals surface area contributed by atoms with Crippen LogP contribution in [0.2, 0.25) is 0 Å². The van der Waals surface area contributed by atoms with E-state index in [-0.39, 0.29) is 13.2 Å². The summed E-state index contributed by atoms with van der Waals surface area (Å²) < 4.78 is 10.8. The number of thioether (sulfide) groups is 1. The van der Waals surface area contributed by atoms with E-state index in [4.69, 9.17) is 19.7 Å². The average molecular weight is 424 g/mol. The molecule has 0 aliphatic carbocycles. The lowest BCUT2D eigenvalue weighted by molar-refractivity contribution is 0.0995. The number of rotatable bonds is 11. The molecule has 0 spiro atoms. The largest absolute Gasteiger partial charge is 0.493 e. The van der Waals surface area contributed by atoms with Crippen molar-refractivity contribution in [2.24, 2.45) is 0 Å². The van der Waals surface area contributed by atoms with Crippen LogP contribution in [0.3, 0.4) is 0 Å². The molecule has 1 unspecified atom stereocenters. The van der Waals surface area contributed by atoms with E-state index in [0.717, 1.165) is 23.2 Å². The lowest BCUT2D eigenvalue weighted by Gasteiger charge is -2.25. The molecule has 0 bridgehead atoms. The monoisotopic (exact) mass is 423 g/mol. The fourth-order valence-corrected chi connectivity index (χ4v) is 4.10. The summed E-state index contributed by atoms with van der Waals surface area (Å²) in [4.78, 5) is 2.28. The van der Waals surface area contributed by atoms with E-state index in [1.807, 2.05) is 12.1 Å². The van der Waals surface area contributed by atoms with Crippen LogP contribution in [-0.2, 0) is 6.42 Å². The lowest BCUT2D eigenvalue weighted by Crippen LogP contribution is -2.37. The van der Waals surface area contributed by atoms with Gasteiger partial charge in [0, 0.05) is 37.5 Å². The van der Waals surface area contributed by atoms with Gasteiger partial charge in [-0.25, -0.2) is 0 Å². The number of nitriles is 1. The summed E-state index contributed by atoms with van der Waals surface area (Å²) in [6.45, 7) is 1.69. The van der Waals surface area contributed by atoms with Gasteiger partial charge in [-0.05, 0) is 24.1 Å². The van der Waals surface area contributed by atoms with Crippen molar-refractivity contribution >= 4 is 17.5 Å². The second-order valence-electron chi connectivity index (χ2n) is 6.57. The van der Waals surface area contributed by atoms with Gasteiger partial charge < -0.3 is 30.1 Å². The van der Waals surface area contributed by atoms with E-state index in [1.165, 1.54) is 11.8 Å². The minimum atomic E-state index is -0.699. The van der Waals surface area contributed by atoms with Gasteiger partial charge in [0.1, 0.15) is 11.0 Å². The SMILES string of the molecule is COc1cc2c(cc1OC)C(=C(C#N)SCC(O)CN(CCO)CCO)NCC2. The number of hydrogen-bond acceptors (Lipinski definition) is 9. The van der Waals surface area contributed by atoms with Crippen LogP contribution < -0.4 is 14.8 Å². The first kappa shape index (κ1) is 23.3. The Hall–Kier alpha value is -1.96. The third-order valence-corrected chi connectivity index (χ3v) is 5.76. The first-order chi connectivity index (χ1) is 14.1. The molecule has 4 N–H and O–H groups in total. The van der Waals surface area contributed by atoms with E-state index in [2.05, 4.69) is 11.4 Å². The third kappa shape index (κ3) is 6.26. The Kier molecular flexibility index (Phi) is 9.57. The summed E-state index contributed by atoms with van der Waals surface area (Å²) >= 11 is 1.28. The molecule has 1 aromatic rings. The normalized spacial score (nSPS) is 15.9. The minimum absolute atomic E-state index is 0.0423. The molecule has 0 saturated heterocycles. The fourth-order valence-electron chi connectivity index (χ4n) is 3.25. The second-order valence-corrected chi connectivity index (χ2v) is 7.60. The summed E-state index contributed by atoms with van der Waals surface area (Å²) in [5.74, 6) is 1.57. The standard InChI is InChI=1S/C20H29N3O5S/c1-27-17-9-14-3-4-22-20(16(14)10-18(17)28-2)19(11-21)29-13-15(26)12-23(5-7-24)6-8-25/h9-10,15,22,24-26H,3-8,12-13H2,1-2H3. The summed E-state index contributed by atoms with van der Waals surface area (Å²) in [6.07, 6.45) is 0.109. The van der Waals surface area contributed by atoms with Crippen LogP contribution in [-0.4, -0.2) is 85.7 Å². The molecule has 9 heteroatoms. The van der Waals surface area contributed by atoms with Crippen LogP contribution in [0.5, 0.6) is 11.5 Å². The molecule has 29 heavy (non-hydrogen) atoms. The van der Waals surface area contributed by atoms with Gasteiger partial charge >= 0.3 is 0 Å². The van der Waals surface area contributed by atoms with E-state index in [1.54, 1.807) is 19.1 Å². The fraction of sp³-hybridized carbons (Fsp3) is 0.550. The van der Waals surface area contributed by atoms with E-state index >= 15 is 0 Å². The van der Waals surface area contributed by atoms with Crippen molar-refractivity contribution in [1.82, 2.24) is 10.2 Å². The van der Waals surface area contributed by atoms with Gasteiger partial charge in [0.25, 0.3) is 0 Å². The zero-order valence-electron chi connectivity index (χ0n) is 16.8. The highest BCUT2D eigenvalue weighted by molar-refractivity contribution is 8.03. The molecule has 0 radical (unpaired) electrons. The molecular formula is C20H29N3O5S. The topological polar surface area (TPSA) is 118 Å². The number of hydrogen-bond donors (Lipinski definition) is 4. The first-order valence-electron chi connectivity index (χ1n) is 9.46. The summed E-state index contributed by atoms with van der Waals surface area (Å²) in [5.41, 5.74) is 2.70. The smallest absolute Gasteiger partial charge is 0.161 e. The van der Waals surface area contributed by atoms with Gasteiger partial charge in [-0.2, -0.15) is 5.26 Å². The summed E-state index contributed by atoms with van der Waals surface area (Å²) in [5, 5.41) is 41.5. The molecule has 8 nitrogen and oxygen atoms in total. The maximum atomic E-state index is 10.3. The third-order valence-electron chi connectivity index (χ3n) is 4.62. The number of nitrogens with one attached hydrogen (secondary N) is 1. The maximum Gasteiger partial charge on any atom is 0.161 e. The molecule has 0 aromatic heterocycles. The van der Waals surface area contributed by atoms with Crippen LogP contribution in [0.15, 0.2) is 17.0 Å². The van der Waals surface area contributed by atoms with E-state index in [9.17, 15) is 10.4 Å². The number of fused-ring (bicyclic) bond motifs is 1. The molecule has 1 heterocycles. The zero-order chi connectivity index (χ0) is 21.2. The van der Waals surface area contributed by atoms with Gasteiger partial charge in [-0.15, -0.1) is 11.8 Å². The number of allylic oxidation sites excluding steroid dienone is 1. The molecule has 0 amide bonds. The molecule has 1 aliphatic rings. The highest BCUT2D eigenvalue weighted by atomic mass is 32.2. The zero-order valence-corrected chi connectivity index (χ0v) is 17.7. The van der Waals surface area contributed by atoms with Crippen LogP contribution in [0.25, 0.3) is 5.70 Å². The second kappa shape index (κ2) is 11.9. The molecule has 1 aliphatic heterocycles. The van der Waals surface area contributed by atoms with E-state index in [0.29, 0.717) is 48.3 Å². The Morgan fingerprint density at radius 2 is 1.90 bits per heavy atom. The van der Waals surface area contributed by atoms with Gasteiger partial charge in [0.05, 0.1) is 39.2 Å². The Labute approximate surface area is 175 Å². The number of aliphatic hydroxyl groups excluding tert-OH is 3. The van der Waals surface area contributed by atoms with Crippen molar-refractivity contribution in [3.63, 3.8) is 0 Å². The molecular weight excluding hydrogens is 394 g/mol. The lowest BCUT2D eigenvalue weighted by atomic mass is 9.97. The van der Waals surface area contributed by atoms with Crippen molar-refractivity contribution < 1.29 is 24.8 Å². The Morgan fingerprint density at radius 3 is 2.48 bits per heavy atom. The molecule has 0 fully saturated rings. The van der Waals surface area contributed by atoms with Crippen molar-refractivity contribution in [3.8, 4) is 17.6 Å². The van der Waals surface area contributed by atoms with E-state index < -0.39 is 6.10 Å². The molecule has 1 atom stereocenters. The maximum absolute atomic E-state index is 10.3. The van der Waals surface area contributed by atoms with Crippen LogP contribution in [0.1, 0.15) is 11.1 Å². The van der Waals surface area contributed by atoms with Crippen molar-refractivity contribution in [2.45, 2.75) is 12.5 Å². The average Bonchev–Trinajstić information content (AvgIpc) is 2.73. The van der Waals surface area contributed by atoms with Gasteiger partial charge in [0.15, 0.2) is 11.5 Å². The summed E-state index contributed by atoms with van der Waals surface area (Å²) in [7, 11) is 3.17. The number of benzene rings is 1. The molecule has 160 valence electrons. The summed E-state index contributed by atoms with van der Waals surface area (Å²) in [6, 6.07) is 6.05. The number of ether oxygens (including phenoxy) is 2. The Bertz CT molecular complexity index is 744. The Balaban J connectivity index is 2.18. The number of methoxy groups -OCH3 is 2. The Morgan fingerprint density at radius 1 is 1.24 bits per heavy atom. The number of aliphatic hydroxyl groups is 3. The van der Waals surface area contributed by atoms with Crippen LogP contribution in [0.4, 0.5) is 0 Å². The van der Waals surface area contributed by atoms with Crippen molar-refractivity contribution in [1.29, 1.82) is 5.26 Å². The predicted molar refractivity (Wildman–Crippen MR) is 113 cm³/mol. The van der Waals surface area contributed by atoms with Gasteiger partial charge in [-0.3, -0.25) is 4.90 Å². The quantitative estimate of drug-likeness (QED) is 0.376. The van der Waals surface area contributed by atoms with Crippen molar-refractivity contribution in [3.05, 3.63) is 28.2 Å². The number of nitrogens with zero attached hydrogens (tertiary/aromatic N) is 2. The first-order valence-corrected chi connectivity index (χ1v) is 10.4. The van der Waals surface area contributed by atoms with Crippen LogP contribution >= 0.6 is 11.8 Å². The minimum Gasteiger partial charge on any atom is -0.493 e. The van der Waals surface area contributed by atoms with Gasteiger partial charge in [0.2, 0.25) is 0 Å². The van der Waals surface area contributed by atoms with Crippen LogP contribution in [0, 0.1) is 11.3 Å². The molecule has 0 saturated carbocycles. The predicted octanol–water partition coefficient (Wildman–Crippen LogP) is 0.422. The van der Waals surface area contributed by atoms with Crippen molar-refractivity contribution in [2.75, 3.05) is 59.4 Å².